The quantitative estimate of drug-likeness (QED) is 0.644. The van der Waals surface area contributed by atoms with Crippen molar-refractivity contribution >= 4 is 17.9 Å². The van der Waals surface area contributed by atoms with E-state index < -0.39 is 12.2 Å². The van der Waals surface area contributed by atoms with Crippen LogP contribution in [0.2, 0.25) is 0 Å². The maximum absolute atomic E-state index is 12.3. The highest BCUT2D eigenvalue weighted by atomic mass is 16.6. The van der Waals surface area contributed by atoms with Crippen LogP contribution in [0.3, 0.4) is 0 Å². The maximum Gasteiger partial charge on any atom is 0.427 e. The van der Waals surface area contributed by atoms with E-state index in [9.17, 15) is 9.59 Å². The van der Waals surface area contributed by atoms with Crippen molar-refractivity contribution in [3.8, 4) is 0 Å². The number of ether oxygens (including phenoxy) is 1. The fourth-order valence-electron chi connectivity index (χ4n) is 2.35. The Labute approximate surface area is 111 Å². The molecule has 2 heterocycles. The average Bonchev–Trinajstić information content (AvgIpc) is 2.97. The van der Waals surface area contributed by atoms with Gasteiger partial charge in [-0.2, -0.15) is 0 Å². The molecule has 7 nitrogen and oxygen atoms in total. The monoisotopic (exact) mass is 268 g/mol. The number of amides is 2. The van der Waals surface area contributed by atoms with Crippen molar-refractivity contribution in [2.24, 2.45) is 0 Å². The Morgan fingerprint density at radius 2 is 2.47 bits per heavy atom. The number of unbranched alkanes of at least 4 members (excludes halogenated alkanes) is 1. The molecule has 1 aromatic rings. The Balaban J connectivity index is 2.38. The third-order valence-electron chi connectivity index (χ3n) is 3.27. The van der Waals surface area contributed by atoms with Gasteiger partial charge in [-0.05, 0) is 6.42 Å². The van der Waals surface area contributed by atoms with Gasteiger partial charge in [-0.1, -0.05) is 18.5 Å². The molecule has 2 unspecified atom stereocenters. The fraction of sp³-hybridized carbons (Fsp3) is 0.583. The van der Waals surface area contributed by atoms with Crippen LogP contribution in [-0.2, 0) is 9.53 Å². The second-order valence-electron chi connectivity index (χ2n) is 4.55. The molecule has 0 spiro atoms. The minimum Gasteiger partial charge on any atom is -0.409 e. The molecule has 1 N–H and O–H groups in total. The van der Waals surface area contributed by atoms with E-state index in [1.807, 2.05) is 6.92 Å². The number of quaternary nitrogens is 1. The Hall–Kier alpha value is -1.89. The van der Waals surface area contributed by atoms with Crippen LogP contribution >= 0.6 is 0 Å². The largest absolute Gasteiger partial charge is 0.427 e. The van der Waals surface area contributed by atoms with Crippen molar-refractivity contribution < 1.29 is 18.8 Å². The summed E-state index contributed by atoms with van der Waals surface area (Å²) in [6.07, 6.45) is 2.61. The molecule has 0 radical (unpaired) electrons. The van der Waals surface area contributed by atoms with Gasteiger partial charge in [0.15, 0.2) is 0 Å². The topological polar surface area (TPSA) is 81.4 Å². The Kier molecular flexibility index (Phi) is 3.84. The molecule has 19 heavy (non-hydrogen) atoms. The van der Waals surface area contributed by atoms with Gasteiger partial charge in [-0.25, -0.2) is 4.79 Å². The number of hydrogen-bond acceptors (Lipinski definition) is 5. The Morgan fingerprint density at radius 3 is 3.05 bits per heavy atom. The highest BCUT2D eigenvalue weighted by Gasteiger charge is 2.56. The predicted octanol–water partition coefficient (Wildman–Crippen LogP) is 1.39. The molecule has 1 aromatic heterocycles. The summed E-state index contributed by atoms with van der Waals surface area (Å²) in [7, 11) is 0. The van der Waals surface area contributed by atoms with Gasteiger partial charge in [0.05, 0.1) is 18.8 Å². The Bertz CT molecular complexity index is 460. The van der Waals surface area contributed by atoms with Gasteiger partial charge in [0, 0.05) is 6.92 Å². The zero-order chi connectivity index (χ0) is 13.9. The molecule has 0 aliphatic carbocycles. The molecule has 1 aliphatic heterocycles. The number of esters is 1. The first kappa shape index (κ1) is 13.5. The van der Waals surface area contributed by atoms with E-state index in [-0.39, 0.29) is 17.1 Å². The summed E-state index contributed by atoms with van der Waals surface area (Å²) in [6.45, 7) is 4.15. The standard InChI is InChI=1S/C12H17N3O4/c1-3-4-7-15(10-5-6-14-19-10)11(18-9(2)16)8-13-12(15)17/h5-6,11H,3-4,7-8H2,1-2H3/p+1. The molecule has 104 valence electrons. The summed E-state index contributed by atoms with van der Waals surface area (Å²) >= 11 is 0. The van der Waals surface area contributed by atoms with Crippen LogP contribution in [0.15, 0.2) is 16.8 Å². The molecular weight excluding hydrogens is 250 g/mol. The van der Waals surface area contributed by atoms with E-state index in [0.717, 1.165) is 12.8 Å². The number of nitrogens with one attached hydrogen (secondary N) is 1. The van der Waals surface area contributed by atoms with E-state index >= 15 is 0 Å². The number of carbonyl (C=O) groups is 2. The van der Waals surface area contributed by atoms with Crippen molar-refractivity contribution in [1.29, 1.82) is 0 Å². The number of carbonyl (C=O) groups excluding carboxylic acids is 2. The third kappa shape index (κ3) is 2.33. The van der Waals surface area contributed by atoms with Gasteiger partial charge >= 0.3 is 17.9 Å². The number of hydrogen-bond donors (Lipinski definition) is 1. The van der Waals surface area contributed by atoms with Gasteiger partial charge in [0.2, 0.25) is 0 Å². The van der Waals surface area contributed by atoms with Crippen molar-refractivity contribution in [3.63, 3.8) is 0 Å². The molecule has 7 heteroatoms. The first-order valence-electron chi connectivity index (χ1n) is 6.36. The fourth-order valence-corrected chi connectivity index (χ4v) is 2.35. The molecule has 2 amide bonds. The molecule has 1 fully saturated rings. The highest BCUT2D eigenvalue weighted by Crippen LogP contribution is 2.31. The first-order chi connectivity index (χ1) is 9.11. The van der Waals surface area contributed by atoms with E-state index in [1.54, 1.807) is 6.07 Å². The van der Waals surface area contributed by atoms with Crippen molar-refractivity contribution in [3.05, 3.63) is 12.3 Å². The van der Waals surface area contributed by atoms with E-state index in [2.05, 4.69) is 10.5 Å². The lowest BCUT2D eigenvalue weighted by atomic mass is 10.2. The van der Waals surface area contributed by atoms with Gasteiger partial charge in [-0.3, -0.25) is 10.1 Å². The van der Waals surface area contributed by atoms with Gasteiger partial charge in [0.25, 0.3) is 6.23 Å². The molecule has 2 rings (SSSR count). The third-order valence-corrected chi connectivity index (χ3v) is 3.27. The number of nitrogens with zero attached hydrogens (tertiary/aromatic N) is 2. The van der Waals surface area contributed by atoms with Crippen molar-refractivity contribution in [1.82, 2.24) is 15.0 Å². The summed E-state index contributed by atoms with van der Waals surface area (Å²) in [5.74, 6) is -0.0188. The van der Waals surface area contributed by atoms with Gasteiger partial charge in [0.1, 0.15) is 6.54 Å². The second-order valence-corrected chi connectivity index (χ2v) is 4.55. The summed E-state index contributed by atoms with van der Waals surface area (Å²) in [5, 5.41) is 6.39. The molecule has 0 bridgehead atoms. The average molecular weight is 268 g/mol. The zero-order valence-corrected chi connectivity index (χ0v) is 11.1. The molecule has 1 aliphatic rings. The van der Waals surface area contributed by atoms with Crippen LogP contribution in [0.5, 0.6) is 0 Å². The summed E-state index contributed by atoms with van der Waals surface area (Å²) in [4.78, 5) is 23.5. The van der Waals surface area contributed by atoms with Crippen LogP contribution in [0.25, 0.3) is 0 Å². The molecular formula is C12H18N3O4+. The molecule has 0 saturated carbocycles. The lowest BCUT2D eigenvalue weighted by Gasteiger charge is -2.30. The lowest BCUT2D eigenvalue weighted by molar-refractivity contribution is -0.151. The number of urea groups is 1. The van der Waals surface area contributed by atoms with Crippen LogP contribution < -0.4 is 9.80 Å². The molecule has 1 saturated heterocycles. The predicted molar refractivity (Wildman–Crippen MR) is 67.0 cm³/mol. The van der Waals surface area contributed by atoms with E-state index in [1.165, 1.54) is 13.1 Å². The lowest BCUT2D eigenvalue weighted by Crippen LogP contribution is -2.58. The van der Waals surface area contributed by atoms with Crippen molar-refractivity contribution in [2.75, 3.05) is 13.1 Å². The van der Waals surface area contributed by atoms with Crippen LogP contribution in [0.1, 0.15) is 26.7 Å². The summed E-state index contributed by atoms with van der Waals surface area (Å²) in [6, 6.07) is 1.41. The van der Waals surface area contributed by atoms with E-state index in [4.69, 9.17) is 9.26 Å². The van der Waals surface area contributed by atoms with Gasteiger partial charge in [-0.15, -0.1) is 4.48 Å². The first-order valence-corrected chi connectivity index (χ1v) is 6.36. The minimum absolute atomic E-state index is 0.159. The number of aromatic nitrogens is 1. The van der Waals surface area contributed by atoms with E-state index in [0.29, 0.717) is 12.4 Å². The minimum atomic E-state index is -0.607. The summed E-state index contributed by atoms with van der Waals surface area (Å²) < 4.78 is 10.3. The van der Waals surface area contributed by atoms with Crippen LogP contribution in [0, 0.1) is 0 Å². The Morgan fingerprint density at radius 1 is 1.68 bits per heavy atom. The van der Waals surface area contributed by atoms with Crippen LogP contribution in [0.4, 0.5) is 10.7 Å². The number of rotatable bonds is 5. The highest BCUT2D eigenvalue weighted by molar-refractivity contribution is 5.88. The molecule has 0 aromatic carbocycles. The maximum atomic E-state index is 12.3. The summed E-state index contributed by atoms with van der Waals surface area (Å²) in [5.41, 5.74) is 0. The van der Waals surface area contributed by atoms with Gasteiger partial charge < -0.3 is 9.26 Å². The SMILES string of the molecule is CCCC[N+]1(c2ccno2)C(=O)NCC1OC(C)=O. The smallest absolute Gasteiger partial charge is 0.409 e. The molecule has 2 atom stereocenters. The van der Waals surface area contributed by atoms with Crippen molar-refractivity contribution in [2.45, 2.75) is 32.9 Å². The normalized spacial score (nSPS) is 26.2. The zero-order valence-electron chi connectivity index (χ0n) is 11.1. The second kappa shape index (κ2) is 5.40. The van der Waals surface area contributed by atoms with Crippen LogP contribution in [-0.4, -0.2) is 36.5 Å².